The molecule has 0 radical (unpaired) electrons. The lowest BCUT2D eigenvalue weighted by Crippen LogP contribution is -2.31. The van der Waals surface area contributed by atoms with E-state index in [2.05, 4.69) is 14.8 Å². The van der Waals surface area contributed by atoms with Crippen molar-refractivity contribution in [3.63, 3.8) is 0 Å². The van der Waals surface area contributed by atoms with E-state index in [1.54, 1.807) is 0 Å². The maximum Gasteiger partial charge on any atom is 0.363 e. The lowest BCUT2D eigenvalue weighted by Gasteiger charge is -1.96. The Hall–Kier alpha value is -1.14. The molecule has 0 saturated carbocycles. The summed E-state index contributed by atoms with van der Waals surface area (Å²) in [6, 6.07) is -0.991. The minimum Gasteiger partial charge on any atom is -0.318 e. The minimum atomic E-state index is -0.991. The first kappa shape index (κ1) is 6.97. The van der Waals surface area contributed by atoms with Crippen LogP contribution in [0.25, 0.3) is 0 Å². The molecule has 1 atom stereocenters. The van der Waals surface area contributed by atoms with Crippen LogP contribution in [-0.2, 0) is 24.4 Å². The second-order valence-corrected chi connectivity index (χ2v) is 1.74. The molecule has 1 unspecified atom stereocenters. The van der Waals surface area contributed by atoms with Crippen molar-refractivity contribution < 1.29 is 24.4 Å². The van der Waals surface area contributed by atoms with Gasteiger partial charge in [-0.05, 0) is 0 Å². The van der Waals surface area contributed by atoms with Gasteiger partial charge >= 0.3 is 11.9 Å². The van der Waals surface area contributed by atoms with E-state index in [1.807, 2.05) is 0 Å². The molecule has 1 aliphatic rings. The van der Waals surface area contributed by atoms with Crippen LogP contribution < -0.4 is 5.73 Å². The smallest absolute Gasteiger partial charge is 0.318 e. The number of carbonyl (C=O) groups is 2. The molecule has 1 aliphatic heterocycles. The molecule has 1 rings (SSSR count). The summed E-state index contributed by atoms with van der Waals surface area (Å²) < 4.78 is 0. The van der Waals surface area contributed by atoms with Gasteiger partial charge in [-0.2, -0.15) is 0 Å². The summed E-state index contributed by atoms with van der Waals surface area (Å²) in [5.74, 6) is -1.54. The third kappa shape index (κ3) is 1.42. The summed E-state index contributed by atoms with van der Waals surface area (Å²) in [4.78, 5) is 28.6. The summed E-state index contributed by atoms with van der Waals surface area (Å²) in [7, 11) is 0. The Balaban J connectivity index is 2.57. The summed E-state index contributed by atoms with van der Waals surface area (Å²) in [6.07, 6.45) is -0.223. The van der Waals surface area contributed by atoms with E-state index >= 15 is 0 Å². The second kappa shape index (κ2) is 2.63. The summed E-state index contributed by atoms with van der Waals surface area (Å²) in [6.45, 7) is 0. The number of rotatable bonds is 0. The van der Waals surface area contributed by atoms with Gasteiger partial charge in [-0.3, -0.25) is 9.78 Å². The Morgan fingerprint density at radius 3 is 2.80 bits per heavy atom. The lowest BCUT2D eigenvalue weighted by atomic mass is 10.2. The predicted octanol–water partition coefficient (Wildman–Crippen LogP) is -1.35. The van der Waals surface area contributed by atoms with Crippen molar-refractivity contribution in [1.82, 2.24) is 0 Å². The average molecular weight is 147 g/mol. The number of nitrogens with two attached hydrogens (primary N) is 1. The highest BCUT2D eigenvalue weighted by Gasteiger charge is 2.25. The molecule has 0 aromatic rings. The monoisotopic (exact) mass is 147 g/mol. The van der Waals surface area contributed by atoms with Crippen LogP contribution in [-0.4, -0.2) is 18.0 Å². The average Bonchev–Trinajstić information content (AvgIpc) is 1.96. The van der Waals surface area contributed by atoms with E-state index < -0.39 is 18.0 Å². The molecule has 6 heteroatoms. The molecule has 1 saturated heterocycles. The normalized spacial score (nSPS) is 26.7. The highest BCUT2D eigenvalue weighted by atomic mass is 17.5. The molecule has 2 N–H and O–H groups in total. The van der Waals surface area contributed by atoms with Gasteiger partial charge in [0.05, 0.1) is 6.42 Å². The molecule has 0 aromatic carbocycles. The van der Waals surface area contributed by atoms with Crippen LogP contribution in [0.2, 0.25) is 0 Å². The van der Waals surface area contributed by atoms with Gasteiger partial charge in [0, 0.05) is 5.04 Å². The maximum absolute atomic E-state index is 10.5. The lowest BCUT2D eigenvalue weighted by molar-refractivity contribution is -0.455. The zero-order valence-electron chi connectivity index (χ0n) is 4.90. The first-order valence-electron chi connectivity index (χ1n) is 2.53. The van der Waals surface area contributed by atoms with Gasteiger partial charge in [0.2, 0.25) is 0 Å². The van der Waals surface area contributed by atoms with E-state index in [0.29, 0.717) is 0 Å². The van der Waals surface area contributed by atoms with Crippen molar-refractivity contribution >= 4 is 11.9 Å². The van der Waals surface area contributed by atoms with Crippen LogP contribution in [0.1, 0.15) is 6.42 Å². The van der Waals surface area contributed by atoms with Crippen molar-refractivity contribution in [2.45, 2.75) is 12.5 Å². The largest absolute Gasteiger partial charge is 0.363 e. The SMILES string of the molecule is NC1CC(=O)OOOC1=O. The van der Waals surface area contributed by atoms with Crippen molar-refractivity contribution in [3.8, 4) is 0 Å². The van der Waals surface area contributed by atoms with Gasteiger partial charge in [0.15, 0.2) is 0 Å². The molecule has 0 bridgehead atoms. The van der Waals surface area contributed by atoms with Crippen LogP contribution in [0.5, 0.6) is 0 Å². The van der Waals surface area contributed by atoms with Crippen molar-refractivity contribution in [2.75, 3.05) is 0 Å². The summed E-state index contributed by atoms with van der Waals surface area (Å²) in [5.41, 5.74) is 5.11. The molecule has 56 valence electrons. The van der Waals surface area contributed by atoms with Gasteiger partial charge in [-0.25, -0.2) is 9.59 Å². The van der Waals surface area contributed by atoms with Crippen molar-refractivity contribution in [2.24, 2.45) is 5.73 Å². The zero-order valence-corrected chi connectivity index (χ0v) is 4.90. The molecule has 10 heavy (non-hydrogen) atoms. The third-order valence-electron chi connectivity index (χ3n) is 0.932. The van der Waals surface area contributed by atoms with Crippen molar-refractivity contribution in [1.29, 1.82) is 0 Å². The zero-order chi connectivity index (χ0) is 7.56. The van der Waals surface area contributed by atoms with E-state index in [1.165, 1.54) is 0 Å². The molecule has 1 heterocycles. The number of carbonyl (C=O) groups excluding carboxylic acids is 2. The van der Waals surface area contributed by atoms with E-state index in [4.69, 9.17) is 5.73 Å². The topological polar surface area (TPSA) is 87.9 Å². The maximum atomic E-state index is 10.5. The summed E-state index contributed by atoms with van der Waals surface area (Å²) in [5, 5.41) is 3.71. The van der Waals surface area contributed by atoms with Gasteiger partial charge in [0.1, 0.15) is 6.04 Å². The minimum absolute atomic E-state index is 0.223. The van der Waals surface area contributed by atoms with Gasteiger partial charge < -0.3 is 5.73 Å². The summed E-state index contributed by atoms with van der Waals surface area (Å²) >= 11 is 0. The first-order chi connectivity index (χ1) is 4.70. The Morgan fingerprint density at radius 1 is 1.40 bits per heavy atom. The molecule has 0 spiro atoms. The first-order valence-corrected chi connectivity index (χ1v) is 2.53. The standard InChI is InChI=1S/C4H5NO5/c5-2-1-3(6)8-10-9-4(2)7/h2H,1,5H2. The van der Waals surface area contributed by atoms with E-state index in [0.717, 1.165) is 0 Å². The molecule has 1 fully saturated rings. The van der Waals surface area contributed by atoms with Crippen molar-refractivity contribution in [3.05, 3.63) is 0 Å². The second-order valence-electron chi connectivity index (χ2n) is 1.74. The highest BCUT2D eigenvalue weighted by Crippen LogP contribution is 2.01. The van der Waals surface area contributed by atoms with E-state index in [-0.39, 0.29) is 6.42 Å². The Labute approximate surface area is 55.7 Å². The molecule has 0 amide bonds. The van der Waals surface area contributed by atoms with Crippen LogP contribution in [0, 0.1) is 0 Å². The fraction of sp³-hybridized carbons (Fsp3) is 0.500. The van der Waals surface area contributed by atoms with Crippen LogP contribution in [0.3, 0.4) is 0 Å². The van der Waals surface area contributed by atoms with Crippen LogP contribution in [0.15, 0.2) is 0 Å². The highest BCUT2D eigenvalue weighted by molar-refractivity contribution is 5.82. The van der Waals surface area contributed by atoms with Crippen LogP contribution in [0.4, 0.5) is 0 Å². The molecular formula is C4H5NO5. The quantitative estimate of drug-likeness (QED) is 0.426. The van der Waals surface area contributed by atoms with E-state index in [9.17, 15) is 9.59 Å². The molecule has 0 aromatic heterocycles. The predicted molar refractivity (Wildman–Crippen MR) is 25.9 cm³/mol. The Bertz CT molecular complexity index is 167. The van der Waals surface area contributed by atoms with Gasteiger partial charge in [0.25, 0.3) is 0 Å². The van der Waals surface area contributed by atoms with Gasteiger partial charge in [-0.1, -0.05) is 0 Å². The fourth-order valence-corrected chi connectivity index (χ4v) is 0.447. The Morgan fingerprint density at radius 2 is 2.10 bits per heavy atom. The number of hydrogen-bond donors (Lipinski definition) is 1. The third-order valence-corrected chi connectivity index (χ3v) is 0.932. The van der Waals surface area contributed by atoms with Gasteiger partial charge in [-0.15, -0.1) is 0 Å². The number of hydrogen-bond acceptors (Lipinski definition) is 6. The molecule has 6 nitrogen and oxygen atoms in total. The molecule has 0 aliphatic carbocycles. The molecular weight excluding hydrogens is 142 g/mol. The Kier molecular flexibility index (Phi) is 1.83. The van der Waals surface area contributed by atoms with Crippen LogP contribution >= 0.6 is 0 Å². The fourth-order valence-electron chi connectivity index (χ4n) is 0.447.